The van der Waals surface area contributed by atoms with Crippen LogP contribution in [0.2, 0.25) is 5.02 Å². The van der Waals surface area contributed by atoms with Crippen LogP contribution in [0.1, 0.15) is 11.6 Å². The van der Waals surface area contributed by atoms with E-state index in [1.807, 2.05) is 10.9 Å². The fraction of sp³-hybridized carbons (Fsp3) is 0.438. The van der Waals surface area contributed by atoms with E-state index in [4.69, 9.17) is 11.6 Å². The molecule has 1 aromatic carbocycles. The summed E-state index contributed by atoms with van der Waals surface area (Å²) in [7, 11) is 2.19. The minimum absolute atomic E-state index is 0.455. The molecule has 112 valence electrons. The van der Waals surface area contributed by atoms with Gasteiger partial charge in [0.05, 0.1) is 17.8 Å². The molecule has 0 saturated carbocycles. The van der Waals surface area contributed by atoms with Crippen molar-refractivity contribution >= 4 is 11.6 Å². The van der Waals surface area contributed by atoms with Crippen LogP contribution in [-0.2, 0) is 6.54 Å². The molecule has 3 rings (SSSR count). The Kier molecular flexibility index (Phi) is 4.58. The van der Waals surface area contributed by atoms with Crippen LogP contribution in [0.5, 0.6) is 0 Å². The summed E-state index contributed by atoms with van der Waals surface area (Å²) >= 11 is 5.92. The molecule has 1 fully saturated rings. The van der Waals surface area contributed by atoms with E-state index in [1.54, 1.807) is 6.20 Å². The van der Waals surface area contributed by atoms with Crippen LogP contribution in [0.4, 0.5) is 0 Å². The van der Waals surface area contributed by atoms with Crippen LogP contribution in [-0.4, -0.2) is 52.8 Å². The number of hydrogen-bond acceptors (Lipinski definition) is 3. The average molecular weight is 305 g/mol. The van der Waals surface area contributed by atoms with Gasteiger partial charge in [0.25, 0.3) is 0 Å². The van der Waals surface area contributed by atoms with E-state index >= 15 is 0 Å². The summed E-state index contributed by atoms with van der Waals surface area (Å²) in [5.41, 5.74) is 1.39. The van der Waals surface area contributed by atoms with E-state index in [1.165, 1.54) is 5.56 Å². The van der Waals surface area contributed by atoms with Crippen LogP contribution in [0.3, 0.4) is 0 Å². The Morgan fingerprint density at radius 1 is 1.19 bits per heavy atom. The molecule has 4 nitrogen and oxygen atoms in total. The van der Waals surface area contributed by atoms with Crippen molar-refractivity contribution < 1.29 is 0 Å². The van der Waals surface area contributed by atoms with Crippen LogP contribution in [0, 0.1) is 0 Å². The zero-order chi connectivity index (χ0) is 14.7. The van der Waals surface area contributed by atoms with Crippen molar-refractivity contribution in [2.45, 2.75) is 12.6 Å². The SMILES string of the molecule is CN1CCN(CCn2cc(Cl)cn2)C(c2ccccc2)C1. The van der Waals surface area contributed by atoms with Gasteiger partial charge in [-0.3, -0.25) is 9.58 Å². The van der Waals surface area contributed by atoms with Gasteiger partial charge in [-0.05, 0) is 12.6 Å². The molecule has 21 heavy (non-hydrogen) atoms. The Balaban J connectivity index is 1.69. The van der Waals surface area contributed by atoms with E-state index in [9.17, 15) is 0 Å². The molecule has 1 saturated heterocycles. The number of benzene rings is 1. The Hall–Kier alpha value is -1.36. The Morgan fingerprint density at radius 3 is 2.71 bits per heavy atom. The highest BCUT2D eigenvalue weighted by Gasteiger charge is 2.26. The van der Waals surface area contributed by atoms with Crippen molar-refractivity contribution in [3.05, 3.63) is 53.3 Å². The number of aromatic nitrogens is 2. The molecule has 2 heterocycles. The summed E-state index contributed by atoms with van der Waals surface area (Å²) in [5, 5.41) is 4.96. The summed E-state index contributed by atoms with van der Waals surface area (Å²) in [4.78, 5) is 4.95. The molecule has 0 radical (unpaired) electrons. The van der Waals surface area contributed by atoms with E-state index in [0.29, 0.717) is 11.1 Å². The molecule has 5 heteroatoms. The molecule has 0 N–H and O–H groups in total. The van der Waals surface area contributed by atoms with E-state index < -0.39 is 0 Å². The fourth-order valence-corrected chi connectivity index (χ4v) is 3.06. The summed E-state index contributed by atoms with van der Waals surface area (Å²) in [6.07, 6.45) is 3.58. The summed E-state index contributed by atoms with van der Waals surface area (Å²) in [5.74, 6) is 0. The molecule has 1 aliphatic heterocycles. The number of hydrogen-bond donors (Lipinski definition) is 0. The molecule has 0 spiro atoms. The summed E-state index contributed by atoms with van der Waals surface area (Å²) in [6, 6.07) is 11.2. The molecule has 2 aromatic rings. The highest BCUT2D eigenvalue weighted by molar-refractivity contribution is 6.30. The lowest BCUT2D eigenvalue weighted by Gasteiger charge is -2.40. The number of nitrogens with zero attached hydrogens (tertiary/aromatic N) is 4. The average Bonchev–Trinajstić information content (AvgIpc) is 2.92. The second kappa shape index (κ2) is 6.60. The van der Waals surface area contributed by atoms with Crippen LogP contribution < -0.4 is 0 Å². The van der Waals surface area contributed by atoms with Gasteiger partial charge in [0.1, 0.15) is 0 Å². The van der Waals surface area contributed by atoms with Gasteiger partial charge in [-0.2, -0.15) is 5.10 Å². The Labute approximate surface area is 130 Å². The predicted molar refractivity (Wildman–Crippen MR) is 85.5 cm³/mol. The highest BCUT2D eigenvalue weighted by Crippen LogP contribution is 2.24. The molecule has 0 aliphatic carbocycles. The summed E-state index contributed by atoms with van der Waals surface area (Å²) in [6.45, 7) is 5.14. The molecule has 1 aliphatic rings. The number of halogens is 1. The van der Waals surface area contributed by atoms with E-state index in [0.717, 1.165) is 32.7 Å². The van der Waals surface area contributed by atoms with Crippen molar-refractivity contribution in [1.29, 1.82) is 0 Å². The molecular formula is C16H21ClN4. The third kappa shape index (κ3) is 3.64. The highest BCUT2D eigenvalue weighted by atomic mass is 35.5. The van der Waals surface area contributed by atoms with E-state index in [-0.39, 0.29) is 0 Å². The lowest BCUT2D eigenvalue weighted by molar-refractivity contribution is 0.0856. The molecule has 0 amide bonds. The second-order valence-corrected chi connectivity index (χ2v) is 6.08. The lowest BCUT2D eigenvalue weighted by atomic mass is 10.0. The van der Waals surface area contributed by atoms with Crippen molar-refractivity contribution in [2.24, 2.45) is 0 Å². The first kappa shape index (κ1) is 14.6. The minimum Gasteiger partial charge on any atom is -0.303 e. The molecule has 1 atom stereocenters. The zero-order valence-electron chi connectivity index (χ0n) is 12.3. The van der Waals surface area contributed by atoms with E-state index in [2.05, 4.69) is 52.3 Å². The zero-order valence-corrected chi connectivity index (χ0v) is 13.1. The largest absolute Gasteiger partial charge is 0.303 e. The van der Waals surface area contributed by atoms with Gasteiger partial charge in [-0.15, -0.1) is 0 Å². The quantitative estimate of drug-likeness (QED) is 0.867. The normalized spacial score (nSPS) is 20.8. The van der Waals surface area contributed by atoms with Crippen LogP contribution in [0.25, 0.3) is 0 Å². The smallest absolute Gasteiger partial charge is 0.0785 e. The first-order chi connectivity index (χ1) is 10.2. The van der Waals surface area contributed by atoms with Crippen molar-refractivity contribution in [1.82, 2.24) is 19.6 Å². The first-order valence-corrected chi connectivity index (χ1v) is 7.75. The molecule has 1 aromatic heterocycles. The predicted octanol–water partition coefficient (Wildman–Crippen LogP) is 2.53. The third-order valence-corrected chi connectivity index (χ3v) is 4.29. The number of piperazine rings is 1. The van der Waals surface area contributed by atoms with Gasteiger partial charge < -0.3 is 4.90 Å². The standard InChI is InChI=1S/C16H21ClN4/c1-19-7-8-20(9-10-21-12-15(17)11-18-21)16(13-19)14-5-3-2-4-6-14/h2-6,11-12,16H,7-10,13H2,1H3. The third-order valence-electron chi connectivity index (χ3n) is 4.10. The summed E-state index contributed by atoms with van der Waals surface area (Å²) < 4.78 is 1.92. The van der Waals surface area contributed by atoms with Crippen molar-refractivity contribution in [2.75, 3.05) is 33.2 Å². The van der Waals surface area contributed by atoms with Gasteiger partial charge in [0, 0.05) is 38.4 Å². The molecule has 0 bridgehead atoms. The van der Waals surface area contributed by atoms with Crippen LogP contribution >= 0.6 is 11.6 Å². The van der Waals surface area contributed by atoms with Gasteiger partial charge in [-0.1, -0.05) is 41.9 Å². The molecular weight excluding hydrogens is 284 g/mol. The van der Waals surface area contributed by atoms with Gasteiger partial charge >= 0.3 is 0 Å². The topological polar surface area (TPSA) is 24.3 Å². The Morgan fingerprint density at radius 2 is 2.00 bits per heavy atom. The van der Waals surface area contributed by atoms with Crippen molar-refractivity contribution in [3.8, 4) is 0 Å². The Bertz CT molecular complexity index is 569. The maximum atomic E-state index is 5.92. The first-order valence-electron chi connectivity index (χ1n) is 7.38. The van der Waals surface area contributed by atoms with Gasteiger partial charge in [-0.25, -0.2) is 0 Å². The number of likely N-dealkylation sites (N-methyl/N-ethyl adjacent to an activating group) is 1. The minimum atomic E-state index is 0.455. The maximum absolute atomic E-state index is 5.92. The van der Waals surface area contributed by atoms with Crippen molar-refractivity contribution in [3.63, 3.8) is 0 Å². The molecule has 1 unspecified atom stereocenters. The second-order valence-electron chi connectivity index (χ2n) is 5.65. The van der Waals surface area contributed by atoms with Gasteiger partial charge in [0.15, 0.2) is 0 Å². The monoisotopic (exact) mass is 304 g/mol. The van der Waals surface area contributed by atoms with Gasteiger partial charge in [0.2, 0.25) is 0 Å². The maximum Gasteiger partial charge on any atom is 0.0785 e. The lowest BCUT2D eigenvalue weighted by Crippen LogP contribution is -2.47. The number of rotatable bonds is 4. The van der Waals surface area contributed by atoms with Crippen LogP contribution in [0.15, 0.2) is 42.7 Å². The fourth-order valence-electron chi connectivity index (χ4n) is 2.91.